The van der Waals surface area contributed by atoms with Gasteiger partial charge in [-0.1, -0.05) is 17.8 Å². The normalized spacial score (nSPS) is 12.4. The summed E-state index contributed by atoms with van der Waals surface area (Å²) < 4.78 is 0.939. The number of hydrogen-bond donors (Lipinski definition) is 2. The highest BCUT2D eigenvalue weighted by Crippen LogP contribution is 2.32. The lowest BCUT2D eigenvalue weighted by molar-refractivity contribution is 0.815. The molecule has 0 radical (unpaired) electrons. The van der Waals surface area contributed by atoms with Gasteiger partial charge in [0.1, 0.15) is 0 Å². The van der Waals surface area contributed by atoms with Crippen LogP contribution in [-0.4, -0.2) is 9.97 Å². The maximum absolute atomic E-state index is 11.2. The number of H-pyrrole nitrogens is 1. The van der Waals surface area contributed by atoms with Crippen molar-refractivity contribution in [3.8, 4) is 0 Å². The molecule has 18 heavy (non-hydrogen) atoms. The maximum atomic E-state index is 11.2. The Hall–Kier alpha value is -1.11. The van der Waals surface area contributed by atoms with Crippen molar-refractivity contribution < 1.29 is 0 Å². The second kappa shape index (κ2) is 5.69. The van der Waals surface area contributed by atoms with Crippen LogP contribution in [0.15, 0.2) is 49.8 Å². The molecule has 2 aromatic rings. The predicted octanol–water partition coefficient (Wildman–Crippen LogP) is 2.70. The largest absolute Gasteiger partial charge is 0.324 e. The predicted molar refractivity (Wildman–Crippen MR) is 75.7 cm³/mol. The summed E-state index contributed by atoms with van der Waals surface area (Å²) in [7, 11) is 0. The molecule has 0 aliphatic carbocycles. The van der Waals surface area contributed by atoms with Gasteiger partial charge in [0, 0.05) is 27.7 Å². The Morgan fingerprint density at radius 3 is 2.83 bits per heavy atom. The van der Waals surface area contributed by atoms with E-state index in [-0.39, 0.29) is 11.6 Å². The number of nitrogens with one attached hydrogen (secondary N) is 1. The van der Waals surface area contributed by atoms with Crippen LogP contribution in [0.1, 0.15) is 18.5 Å². The average Bonchev–Trinajstić information content (AvgIpc) is 2.31. The highest BCUT2D eigenvalue weighted by atomic mass is 79.9. The molecule has 0 saturated heterocycles. The number of nitrogens with two attached hydrogens (primary N) is 1. The fourth-order valence-electron chi connectivity index (χ4n) is 1.39. The van der Waals surface area contributed by atoms with Gasteiger partial charge in [-0.3, -0.25) is 4.79 Å². The van der Waals surface area contributed by atoms with Crippen LogP contribution >= 0.6 is 27.7 Å². The van der Waals surface area contributed by atoms with Crippen molar-refractivity contribution in [2.45, 2.75) is 23.0 Å². The van der Waals surface area contributed by atoms with E-state index in [2.05, 4.69) is 25.9 Å². The van der Waals surface area contributed by atoms with Gasteiger partial charge in [0.2, 0.25) is 0 Å². The minimum absolute atomic E-state index is 0.00462. The van der Waals surface area contributed by atoms with Crippen LogP contribution in [0.25, 0.3) is 0 Å². The highest BCUT2D eigenvalue weighted by Gasteiger charge is 2.07. The van der Waals surface area contributed by atoms with Gasteiger partial charge in [-0.2, -0.15) is 0 Å². The first-order chi connectivity index (χ1) is 8.56. The number of hydrogen-bond acceptors (Lipinski definition) is 4. The Balaban J connectivity index is 2.27. The first kappa shape index (κ1) is 13.3. The Kier molecular flexibility index (Phi) is 4.21. The summed E-state index contributed by atoms with van der Waals surface area (Å²) in [5.74, 6) is 0. The molecule has 94 valence electrons. The molecular weight excluding hydrogens is 314 g/mol. The third-order valence-electron chi connectivity index (χ3n) is 2.34. The van der Waals surface area contributed by atoms with Crippen molar-refractivity contribution >= 4 is 27.7 Å². The lowest BCUT2D eigenvalue weighted by atomic mass is 10.1. The lowest BCUT2D eigenvalue weighted by Crippen LogP contribution is -2.05. The third kappa shape index (κ3) is 3.22. The van der Waals surface area contributed by atoms with E-state index in [1.54, 1.807) is 0 Å². The topological polar surface area (TPSA) is 71.8 Å². The van der Waals surface area contributed by atoms with Gasteiger partial charge in [0.05, 0.1) is 0 Å². The van der Waals surface area contributed by atoms with Gasteiger partial charge in [-0.25, -0.2) is 4.98 Å². The number of aromatic nitrogens is 2. The van der Waals surface area contributed by atoms with Gasteiger partial charge in [-0.15, -0.1) is 0 Å². The van der Waals surface area contributed by atoms with Crippen molar-refractivity contribution in [3.05, 3.63) is 50.9 Å². The maximum Gasteiger partial charge on any atom is 0.251 e. The molecule has 0 unspecified atom stereocenters. The molecule has 1 heterocycles. The summed E-state index contributed by atoms with van der Waals surface area (Å²) >= 11 is 4.89. The van der Waals surface area contributed by atoms with Crippen LogP contribution in [0, 0.1) is 0 Å². The summed E-state index contributed by atoms with van der Waals surface area (Å²) in [6.07, 6.45) is 1.49. The molecule has 2 rings (SSSR count). The quantitative estimate of drug-likeness (QED) is 0.851. The molecule has 1 aromatic carbocycles. The first-order valence-electron chi connectivity index (χ1n) is 5.34. The third-order valence-corrected chi connectivity index (χ3v) is 4.23. The Labute approximate surface area is 117 Å². The molecule has 0 aliphatic rings. The second-order valence-electron chi connectivity index (χ2n) is 3.82. The number of aromatic amines is 1. The molecule has 0 saturated carbocycles. The van der Waals surface area contributed by atoms with E-state index in [1.165, 1.54) is 24.0 Å². The smallest absolute Gasteiger partial charge is 0.251 e. The lowest BCUT2D eigenvalue weighted by Gasteiger charge is -2.09. The zero-order valence-corrected chi connectivity index (χ0v) is 12.1. The van der Waals surface area contributed by atoms with E-state index in [1.807, 2.05) is 25.1 Å². The van der Waals surface area contributed by atoms with Crippen molar-refractivity contribution in [2.24, 2.45) is 5.73 Å². The molecule has 1 atom stereocenters. The summed E-state index contributed by atoms with van der Waals surface area (Å²) in [4.78, 5) is 18.9. The monoisotopic (exact) mass is 325 g/mol. The van der Waals surface area contributed by atoms with Crippen LogP contribution in [0.5, 0.6) is 0 Å². The van der Waals surface area contributed by atoms with E-state index in [0.717, 1.165) is 14.9 Å². The molecule has 6 heteroatoms. The number of nitrogens with zero attached hydrogens (tertiary/aromatic N) is 1. The Morgan fingerprint density at radius 2 is 2.22 bits per heavy atom. The number of halogens is 1. The second-order valence-corrected chi connectivity index (χ2v) is 5.70. The van der Waals surface area contributed by atoms with Gasteiger partial charge < -0.3 is 10.7 Å². The Morgan fingerprint density at radius 1 is 1.44 bits per heavy atom. The van der Waals surface area contributed by atoms with E-state index >= 15 is 0 Å². The summed E-state index contributed by atoms with van der Waals surface area (Å²) in [5.41, 5.74) is 6.72. The van der Waals surface area contributed by atoms with Crippen LogP contribution in [-0.2, 0) is 0 Å². The highest BCUT2D eigenvalue weighted by molar-refractivity contribution is 9.10. The van der Waals surface area contributed by atoms with Crippen molar-refractivity contribution in [2.75, 3.05) is 0 Å². The minimum atomic E-state index is -0.157. The molecule has 0 aliphatic heterocycles. The molecule has 0 bridgehead atoms. The van der Waals surface area contributed by atoms with E-state index < -0.39 is 0 Å². The van der Waals surface area contributed by atoms with Crippen LogP contribution < -0.4 is 11.3 Å². The minimum Gasteiger partial charge on any atom is -0.324 e. The number of rotatable bonds is 3. The standard InChI is InChI=1S/C12H12BrN3OS/c1-7(14)8-2-3-10(9(13)6-8)18-12-15-5-4-11(17)16-12/h2-7H,14H2,1H3,(H,15,16,17)/t7-/m0/s1. The van der Waals surface area contributed by atoms with Crippen LogP contribution in [0.3, 0.4) is 0 Å². The first-order valence-corrected chi connectivity index (χ1v) is 6.95. The van der Waals surface area contributed by atoms with E-state index in [9.17, 15) is 4.79 Å². The van der Waals surface area contributed by atoms with Crippen LogP contribution in [0.2, 0.25) is 0 Å². The molecule has 0 amide bonds. The Bertz CT molecular complexity index is 612. The zero-order chi connectivity index (χ0) is 13.1. The number of benzene rings is 1. The van der Waals surface area contributed by atoms with Gasteiger partial charge in [0.15, 0.2) is 5.16 Å². The van der Waals surface area contributed by atoms with Crippen LogP contribution in [0.4, 0.5) is 0 Å². The van der Waals surface area contributed by atoms with E-state index in [0.29, 0.717) is 5.16 Å². The zero-order valence-electron chi connectivity index (χ0n) is 9.68. The average molecular weight is 326 g/mol. The molecule has 0 fully saturated rings. The molecule has 1 aromatic heterocycles. The van der Waals surface area contributed by atoms with E-state index in [4.69, 9.17) is 5.73 Å². The van der Waals surface area contributed by atoms with Crippen molar-refractivity contribution in [3.63, 3.8) is 0 Å². The molecular formula is C12H12BrN3OS. The fourth-order valence-corrected chi connectivity index (χ4v) is 2.80. The van der Waals surface area contributed by atoms with Gasteiger partial charge in [-0.05, 0) is 40.5 Å². The van der Waals surface area contributed by atoms with Gasteiger partial charge in [0.25, 0.3) is 5.56 Å². The SMILES string of the molecule is C[C@H](N)c1ccc(Sc2nccc(=O)[nH]2)c(Br)c1. The summed E-state index contributed by atoms with van der Waals surface area (Å²) in [6.45, 7) is 1.94. The van der Waals surface area contributed by atoms with Crippen molar-refractivity contribution in [1.82, 2.24) is 9.97 Å². The summed E-state index contributed by atoms with van der Waals surface area (Å²) in [5, 5.41) is 0.566. The molecule has 4 nitrogen and oxygen atoms in total. The molecule has 3 N–H and O–H groups in total. The summed E-state index contributed by atoms with van der Waals surface area (Å²) in [6, 6.07) is 7.29. The molecule has 0 spiro atoms. The fraction of sp³-hybridized carbons (Fsp3) is 0.167. The van der Waals surface area contributed by atoms with Crippen molar-refractivity contribution in [1.29, 1.82) is 0 Å². The van der Waals surface area contributed by atoms with Gasteiger partial charge >= 0.3 is 0 Å².